The van der Waals surface area contributed by atoms with Crippen molar-refractivity contribution in [1.82, 2.24) is 0 Å². The fourth-order valence-corrected chi connectivity index (χ4v) is 1.61. The van der Waals surface area contributed by atoms with E-state index in [2.05, 4.69) is 0 Å². The molecule has 76 valence electrons. The predicted molar refractivity (Wildman–Crippen MR) is 55.4 cm³/mol. The van der Waals surface area contributed by atoms with Gasteiger partial charge in [0.2, 0.25) is 0 Å². The summed E-state index contributed by atoms with van der Waals surface area (Å²) in [6, 6.07) is 8.32. The van der Waals surface area contributed by atoms with Gasteiger partial charge in [-0.25, -0.2) is 4.39 Å². The average Bonchev–Trinajstić information content (AvgIpc) is 2.60. The van der Waals surface area contributed by atoms with E-state index in [0.29, 0.717) is 24.4 Å². The van der Waals surface area contributed by atoms with Crippen LogP contribution in [0.5, 0.6) is 0 Å². The summed E-state index contributed by atoms with van der Waals surface area (Å²) in [5.41, 5.74) is 7.57. The molecule has 0 aliphatic carbocycles. The van der Waals surface area contributed by atoms with Crippen molar-refractivity contribution in [3.8, 4) is 6.07 Å². The number of benzene rings is 1. The summed E-state index contributed by atoms with van der Waals surface area (Å²) in [6.45, 7) is 0.956. The van der Waals surface area contributed by atoms with Crippen LogP contribution >= 0.6 is 0 Å². The van der Waals surface area contributed by atoms with Gasteiger partial charge in [0, 0.05) is 11.4 Å². The first-order valence-corrected chi connectivity index (χ1v) is 4.59. The van der Waals surface area contributed by atoms with E-state index in [9.17, 15) is 4.39 Å². The lowest BCUT2D eigenvalue weighted by Crippen LogP contribution is -2.21. The zero-order valence-electron chi connectivity index (χ0n) is 8.07. The van der Waals surface area contributed by atoms with Gasteiger partial charge in [-0.3, -0.25) is 0 Å². The van der Waals surface area contributed by atoms with E-state index >= 15 is 0 Å². The van der Waals surface area contributed by atoms with Crippen LogP contribution in [0.1, 0.15) is 0 Å². The van der Waals surface area contributed by atoms with Gasteiger partial charge in [0.05, 0.1) is 24.7 Å². The Balaban J connectivity index is 2.21. The van der Waals surface area contributed by atoms with Crippen molar-refractivity contribution in [2.75, 3.05) is 18.0 Å². The molecule has 3 nitrogen and oxygen atoms in total. The third kappa shape index (κ3) is 1.77. The number of hydrogen-bond donors (Lipinski definition) is 1. The highest BCUT2D eigenvalue weighted by atomic mass is 19.1. The largest absolute Gasteiger partial charge is 0.400 e. The maximum absolute atomic E-state index is 13.0. The Morgan fingerprint density at radius 2 is 2.20 bits per heavy atom. The third-order valence-corrected chi connectivity index (χ3v) is 2.41. The molecule has 0 spiro atoms. The molecule has 0 fully saturated rings. The minimum Gasteiger partial charge on any atom is -0.400 e. The number of rotatable bonds is 1. The molecule has 0 bridgehead atoms. The molecule has 0 aromatic heterocycles. The smallest absolute Gasteiger partial charge is 0.125 e. The number of nitriles is 1. The molecular weight excluding hydrogens is 193 g/mol. The van der Waals surface area contributed by atoms with Crippen molar-refractivity contribution in [3.05, 3.63) is 41.4 Å². The SMILES string of the molecule is N#CC1=C(N)CN(c2cccc(F)c2)C1. The molecule has 0 amide bonds. The monoisotopic (exact) mass is 203 g/mol. The topological polar surface area (TPSA) is 53.1 Å². The van der Waals surface area contributed by atoms with Gasteiger partial charge < -0.3 is 10.6 Å². The van der Waals surface area contributed by atoms with Crippen LogP contribution in [0.3, 0.4) is 0 Å². The van der Waals surface area contributed by atoms with Gasteiger partial charge in [0.15, 0.2) is 0 Å². The van der Waals surface area contributed by atoms with Gasteiger partial charge in [-0.1, -0.05) is 6.07 Å². The highest BCUT2D eigenvalue weighted by Crippen LogP contribution is 2.22. The van der Waals surface area contributed by atoms with Crippen LogP contribution in [0, 0.1) is 17.1 Å². The van der Waals surface area contributed by atoms with Crippen molar-refractivity contribution >= 4 is 5.69 Å². The van der Waals surface area contributed by atoms with Crippen molar-refractivity contribution in [2.24, 2.45) is 5.73 Å². The fourth-order valence-electron chi connectivity index (χ4n) is 1.61. The summed E-state index contributed by atoms with van der Waals surface area (Å²) in [5.74, 6) is -0.281. The van der Waals surface area contributed by atoms with Crippen molar-refractivity contribution < 1.29 is 4.39 Å². The Kier molecular flexibility index (Phi) is 2.30. The second kappa shape index (κ2) is 3.62. The summed E-state index contributed by atoms with van der Waals surface area (Å²) in [4.78, 5) is 1.87. The molecule has 1 aliphatic heterocycles. The number of anilines is 1. The van der Waals surface area contributed by atoms with Crippen molar-refractivity contribution in [2.45, 2.75) is 0 Å². The number of halogens is 1. The molecule has 2 rings (SSSR count). The van der Waals surface area contributed by atoms with E-state index in [0.717, 1.165) is 5.69 Å². The number of hydrogen-bond acceptors (Lipinski definition) is 3. The van der Waals surface area contributed by atoms with Gasteiger partial charge in [-0.15, -0.1) is 0 Å². The average molecular weight is 203 g/mol. The van der Waals surface area contributed by atoms with Crippen molar-refractivity contribution in [3.63, 3.8) is 0 Å². The zero-order valence-corrected chi connectivity index (χ0v) is 8.07. The highest BCUT2D eigenvalue weighted by molar-refractivity contribution is 5.54. The molecular formula is C11H10FN3. The van der Waals surface area contributed by atoms with Crippen LogP contribution in [-0.2, 0) is 0 Å². The Morgan fingerprint density at radius 1 is 1.40 bits per heavy atom. The standard InChI is InChI=1S/C11H10FN3/c12-9-2-1-3-10(4-9)15-6-8(5-13)11(14)7-15/h1-4H,6-7,14H2. The molecule has 1 heterocycles. The molecule has 1 aromatic rings. The summed E-state index contributed by atoms with van der Waals surface area (Å²) in [5, 5.41) is 8.77. The minimum absolute atomic E-state index is 0.281. The molecule has 15 heavy (non-hydrogen) atoms. The molecule has 0 saturated carbocycles. The first-order valence-electron chi connectivity index (χ1n) is 4.59. The van der Waals surface area contributed by atoms with Gasteiger partial charge >= 0.3 is 0 Å². The zero-order chi connectivity index (χ0) is 10.8. The van der Waals surface area contributed by atoms with Crippen LogP contribution in [0.4, 0.5) is 10.1 Å². The predicted octanol–water partition coefficient (Wildman–Crippen LogP) is 1.38. The Bertz CT molecular complexity index is 459. The molecule has 2 N–H and O–H groups in total. The Hall–Kier alpha value is -2.02. The summed E-state index contributed by atoms with van der Waals surface area (Å²) >= 11 is 0. The summed E-state index contributed by atoms with van der Waals surface area (Å²) < 4.78 is 13.0. The molecule has 0 radical (unpaired) electrons. The lowest BCUT2D eigenvalue weighted by molar-refractivity contribution is 0.627. The second-order valence-electron chi connectivity index (χ2n) is 3.45. The molecule has 4 heteroatoms. The Morgan fingerprint density at radius 3 is 2.80 bits per heavy atom. The molecule has 1 aromatic carbocycles. The summed E-state index contributed by atoms with van der Waals surface area (Å²) in [6.07, 6.45) is 0. The lowest BCUT2D eigenvalue weighted by Gasteiger charge is -2.17. The van der Waals surface area contributed by atoms with Crippen LogP contribution in [0.25, 0.3) is 0 Å². The fraction of sp³-hybridized carbons (Fsp3) is 0.182. The Labute approximate surface area is 87.2 Å². The van der Waals surface area contributed by atoms with Gasteiger partial charge in [-0.05, 0) is 18.2 Å². The maximum Gasteiger partial charge on any atom is 0.125 e. The van der Waals surface area contributed by atoms with Gasteiger partial charge in [0.25, 0.3) is 0 Å². The maximum atomic E-state index is 13.0. The van der Waals surface area contributed by atoms with E-state index in [4.69, 9.17) is 11.0 Å². The molecule has 0 atom stereocenters. The molecule has 1 aliphatic rings. The third-order valence-electron chi connectivity index (χ3n) is 2.41. The normalized spacial score (nSPS) is 15.6. The van der Waals surface area contributed by atoms with E-state index < -0.39 is 0 Å². The van der Waals surface area contributed by atoms with E-state index in [-0.39, 0.29) is 5.82 Å². The molecule has 0 unspecified atom stereocenters. The quantitative estimate of drug-likeness (QED) is 0.750. The first-order chi connectivity index (χ1) is 7.20. The number of nitrogens with zero attached hydrogens (tertiary/aromatic N) is 2. The van der Waals surface area contributed by atoms with Crippen LogP contribution in [0.15, 0.2) is 35.5 Å². The van der Waals surface area contributed by atoms with E-state index in [1.54, 1.807) is 12.1 Å². The van der Waals surface area contributed by atoms with E-state index in [1.807, 2.05) is 11.0 Å². The van der Waals surface area contributed by atoms with Gasteiger partial charge in [-0.2, -0.15) is 5.26 Å². The lowest BCUT2D eigenvalue weighted by atomic mass is 10.2. The van der Waals surface area contributed by atoms with Crippen LogP contribution in [-0.4, -0.2) is 13.1 Å². The number of nitrogens with two attached hydrogens (primary N) is 1. The minimum atomic E-state index is -0.281. The van der Waals surface area contributed by atoms with E-state index in [1.165, 1.54) is 12.1 Å². The second-order valence-corrected chi connectivity index (χ2v) is 3.45. The first kappa shape index (κ1) is 9.53. The highest BCUT2D eigenvalue weighted by Gasteiger charge is 2.20. The summed E-state index contributed by atoms with van der Waals surface area (Å²) in [7, 11) is 0. The van der Waals surface area contributed by atoms with Crippen LogP contribution < -0.4 is 10.6 Å². The van der Waals surface area contributed by atoms with Gasteiger partial charge in [0.1, 0.15) is 5.82 Å². The molecule has 0 saturated heterocycles. The van der Waals surface area contributed by atoms with Crippen molar-refractivity contribution in [1.29, 1.82) is 5.26 Å². The van der Waals surface area contributed by atoms with Crippen LogP contribution in [0.2, 0.25) is 0 Å².